The molecule has 0 aliphatic heterocycles. The molecule has 2 N–H and O–H groups in total. The van der Waals surface area contributed by atoms with Crippen LogP contribution in [0.25, 0.3) is 0 Å². The Bertz CT molecular complexity index is 915. The maximum Gasteiger partial charge on any atom is 0.191 e. The van der Waals surface area contributed by atoms with Crippen molar-refractivity contribution in [3.8, 4) is 0 Å². The fraction of sp³-hybridized carbons (Fsp3) is 0.273. The molecule has 0 atom stereocenters. The topological polar surface area (TPSA) is 54.2 Å². The quantitative estimate of drug-likeness (QED) is 0.489. The zero-order valence-corrected chi connectivity index (χ0v) is 16.3. The molecule has 0 fully saturated rings. The van der Waals surface area contributed by atoms with E-state index in [2.05, 4.69) is 49.4 Å². The van der Waals surface area contributed by atoms with Crippen LogP contribution >= 0.6 is 0 Å². The number of halogens is 1. The van der Waals surface area contributed by atoms with Gasteiger partial charge in [0.1, 0.15) is 11.6 Å². The van der Waals surface area contributed by atoms with Crippen molar-refractivity contribution in [1.82, 2.24) is 20.2 Å². The van der Waals surface area contributed by atoms with Crippen molar-refractivity contribution in [3.05, 3.63) is 89.3 Å². The molecule has 0 unspecified atom stereocenters. The standard InChI is InChI=1S/C22H26FN5/c1-17-25-12-13-28(17)16-20-5-3-4-19(14-20)15-27-22(24-2)26-11-10-18-6-8-21(23)9-7-18/h3-9,12-14H,10-11,15-16H2,1-2H3,(H2,24,26,27). The van der Waals surface area contributed by atoms with Crippen LogP contribution in [0.2, 0.25) is 0 Å². The van der Waals surface area contributed by atoms with Gasteiger partial charge >= 0.3 is 0 Å². The Hall–Kier alpha value is -3.15. The number of hydrogen-bond donors (Lipinski definition) is 2. The van der Waals surface area contributed by atoms with E-state index < -0.39 is 0 Å². The van der Waals surface area contributed by atoms with Crippen molar-refractivity contribution in [3.63, 3.8) is 0 Å². The van der Waals surface area contributed by atoms with Crippen molar-refractivity contribution >= 4 is 5.96 Å². The second-order valence-electron chi connectivity index (χ2n) is 6.65. The van der Waals surface area contributed by atoms with Crippen LogP contribution in [0, 0.1) is 12.7 Å². The number of aliphatic imine (C=N–C) groups is 1. The summed E-state index contributed by atoms with van der Waals surface area (Å²) in [6, 6.07) is 15.1. The molecule has 0 saturated heterocycles. The molecule has 0 aliphatic rings. The Morgan fingerprint density at radius 2 is 1.86 bits per heavy atom. The average Bonchev–Trinajstić information content (AvgIpc) is 3.11. The molecule has 1 heterocycles. The summed E-state index contributed by atoms with van der Waals surface area (Å²) in [5.74, 6) is 1.55. The van der Waals surface area contributed by atoms with Gasteiger partial charge in [-0.25, -0.2) is 9.37 Å². The Morgan fingerprint density at radius 3 is 2.57 bits per heavy atom. The van der Waals surface area contributed by atoms with E-state index in [1.807, 2.05) is 19.3 Å². The maximum absolute atomic E-state index is 13.0. The second-order valence-corrected chi connectivity index (χ2v) is 6.65. The van der Waals surface area contributed by atoms with Gasteiger partial charge in [-0.05, 0) is 42.2 Å². The lowest BCUT2D eigenvalue weighted by Gasteiger charge is -2.13. The Labute approximate surface area is 165 Å². The molecular weight excluding hydrogens is 353 g/mol. The molecule has 0 radical (unpaired) electrons. The zero-order valence-electron chi connectivity index (χ0n) is 16.3. The molecule has 3 aromatic rings. The van der Waals surface area contributed by atoms with Crippen LogP contribution < -0.4 is 10.6 Å². The molecule has 3 rings (SSSR count). The first-order valence-electron chi connectivity index (χ1n) is 9.38. The molecule has 5 nitrogen and oxygen atoms in total. The third-order valence-corrected chi connectivity index (χ3v) is 4.57. The van der Waals surface area contributed by atoms with Crippen LogP contribution in [0.3, 0.4) is 0 Å². The van der Waals surface area contributed by atoms with E-state index in [-0.39, 0.29) is 5.82 Å². The Morgan fingerprint density at radius 1 is 1.07 bits per heavy atom. The van der Waals surface area contributed by atoms with Gasteiger partial charge in [0, 0.05) is 39.1 Å². The fourth-order valence-corrected chi connectivity index (χ4v) is 2.99. The van der Waals surface area contributed by atoms with Gasteiger partial charge in [-0.15, -0.1) is 0 Å². The summed E-state index contributed by atoms with van der Waals surface area (Å²) in [7, 11) is 1.76. The number of benzene rings is 2. The lowest BCUT2D eigenvalue weighted by Crippen LogP contribution is -2.37. The van der Waals surface area contributed by atoms with E-state index in [1.54, 1.807) is 19.2 Å². The molecule has 0 amide bonds. The van der Waals surface area contributed by atoms with Gasteiger partial charge in [-0.2, -0.15) is 0 Å². The van der Waals surface area contributed by atoms with E-state index in [0.29, 0.717) is 6.54 Å². The lowest BCUT2D eigenvalue weighted by molar-refractivity contribution is 0.626. The van der Waals surface area contributed by atoms with Crippen LogP contribution in [0.4, 0.5) is 4.39 Å². The zero-order chi connectivity index (χ0) is 19.8. The van der Waals surface area contributed by atoms with E-state index in [1.165, 1.54) is 23.3 Å². The Balaban J connectivity index is 1.48. The normalized spacial score (nSPS) is 11.5. The Kier molecular flexibility index (Phi) is 6.78. The number of hydrogen-bond acceptors (Lipinski definition) is 2. The number of aryl methyl sites for hydroxylation is 1. The van der Waals surface area contributed by atoms with Gasteiger partial charge in [0.05, 0.1) is 0 Å². The summed E-state index contributed by atoms with van der Waals surface area (Å²) in [4.78, 5) is 8.53. The number of nitrogens with zero attached hydrogens (tertiary/aromatic N) is 3. The number of nitrogens with one attached hydrogen (secondary N) is 2. The summed E-state index contributed by atoms with van der Waals surface area (Å²) in [5.41, 5.74) is 3.52. The summed E-state index contributed by atoms with van der Waals surface area (Å²) >= 11 is 0. The molecule has 0 aliphatic carbocycles. The number of imidazole rings is 1. The molecular formula is C22H26FN5. The molecule has 0 bridgehead atoms. The van der Waals surface area contributed by atoms with Crippen molar-refractivity contribution in [1.29, 1.82) is 0 Å². The highest BCUT2D eigenvalue weighted by atomic mass is 19.1. The molecule has 0 saturated carbocycles. The van der Waals surface area contributed by atoms with E-state index in [4.69, 9.17) is 0 Å². The third-order valence-electron chi connectivity index (χ3n) is 4.57. The van der Waals surface area contributed by atoms with Crippen molar-refractivity contribution in [2.45, 2.75) is 26.4 Å². The minimum absolute atomic E-state index is 0.209. The van der Waals surface area contributed by atoms with E-state index in [0.717, 1.165) is 36.9 Å². The van der Waals surface area contributed by atoms with E-state index in [9.17, 15) is 4.39 Å². The minimum atomic E-state index is -0.209. The van der Waals surface area contributed by atoms with Crippen LogP contribution in [-0.2, 0) is 19.5 Å². The van der Waals surface area contributed by atoms with Gasteiger partial charge < -0.3 is 15.2 Å². The molecule has 146 valence electrons. The van der Waals surface area contributed by atoms with Crippen molar-refractivity contribution in [2.24, 2.45) is 4.99 Å². The summed E-state index contributed by atoms with van der Waals surface area (Å²) < 4.78 is 15.1. The fourth-order valence-electron chi connectivity index (χ4n) is 2.99. The minimum Gasteiger partial charge on any atom is -0.356 e. The lowest BCUT2D eigenvalue weighted by atomic mass is 10.1. The van der Waals surface area contributed by atoms with Crippen LogP contribution in [0.15, 0.2) is 65.9 Å². The number of guanidine groups is 1. The molecule has 6 heteroatoms. The first-order valence-corrected chi connectivity index (χ1v) is 9.38. The molecule has 0 spiro atoms. The second kappa shape index (κ2) is 9.69. The third kappa shape index (κ3) is 5.67. The van der Waals surface area contributed by atoms with Gasteiger partial charge in [0.15, 0.2) is 5.96 Å². The van der Waals surface area contributed by atoms with Gasteiger partial charge in [0.2, 0.25) is 0 Å². The summed E-state index contributed by atoms with van der Waals surface area (Å²) in [6.07, 6.45) is 4.62. The summed E-state index contributed by atoms with van der Waals surface area (Å²) in [6.45, 7) is 4.23. The highest BCUT2D eigenvalue weighted by Crippen LogP contribution is 2.09. The molecule has 2 aromatic carbocycles. The first kappa shape index (κ1) is 19.6. The number of rotatable bonds is 7. The van der Waals surface area contributed by atoms with Crippen molar-refractivity contribution < 1.29 is 4.39 Å². The smallest absolute Gasteiger partial charge is 0.191 e. The molecule has 1 aromatic heterocycles. The van der Waals surface area contributed by atoms with Gasteiger partial charge in [-0.3, -0.25) is 4.99 Å². The van der Waals surface area contributed by atoms with E-state index >= 15 is 0 Å². The molecule has 28 heavy (non-hydrogen) atoms. The largest absolute Gasteiger partial charge is 0.356 e. The first-order chi connectivity index (χ1) is 13.6. The SMILES string of the molecule is CN=C(NCCc1ccc(F)cc1)NCc1cccc(Cn2ccnc2C)c1. The van der Waals surface area contributed by atoms with Gasteiger partial charge in [0.25, 0.3) is 0 Å². The van der Waals surface area contributed by atoms with Crippen LogP contribution in [0.5, 0.6) is 0 Å². The highest BCUT2D eigenvalue weighted by Gasteiger charge is 2.02. The van der Waals surface area contributed by atoms with Gasteiger partial charge in [-0.1, -0.05) is 36.4 Å². The maximum atomic E-state index is 13.0. The van der Waals surface area contributed by atoms with Crippen LogP contribution in [0.1, 0.15) is 22.5 Å². The monoisotopic (exact) mass is 379 g/mol. The predicted molar refractivity (Wildman–Crippen MR) is 111 cm³/mol. The average molecular weight is 379 g/mol. The van der Waals surface area contributed by atoms with Crippen LogP contribution in [-0.4, -0.2) is 29.1 Å². The highest BCUT2D eigenvalue weighted by molar-refractivity contribution is 5.79. The summed E-state index contributed by atoms with van der Waals surface area (Å²) in [5, 5.41) is 6.63. The van der Waals surface area contributed by atoms with Crippen molar-refractivity contribution in [2.75, 3.05) is 13.6 Å². The predicted octanol–water partition coefficient (Wildman–Crippen LogP) is 3.29. The number of aromatic nitrogens is 2.